The molecule has 4 heteroatoms. The molecule has 0 aliphatic rings. The van der Waals surface area contributed by atoms with Gasteiger partial charge in [-0.05, 0) is 25.1 Å². The van der Waals surface area contributed by atoms with E-state index in [-0.39, 0.29) is 18.0 Å². The summed E-state index contributed by atoms with van der Waals surface area (Å²) in [7, 11) is 0. The van der Waals surface area contributed by atoms with Crippen molar-refractivity contribution < 1.29 is 9.18 Å². The van der Waals surface area contributed by atoms with Crippen LogP contribution in [0.4, 0.5) is 10.1 Å². The quantitative estimate of drug-likeness (QED) is 0.814. The zero-order chi connectivity index (χ0) is 9.84. The van der Waals surface area contributed by atoms with Crippen LogP contribution < -0.4 is 5.32 Å². The summed E-state index contributed by atoms with van der Waals surface area (Å²) in [5.41, 5.74) is 0.253. The average Bonchev–Trinajstić information content (AvgIpc) is 2.06. The van der Waals surface area contributed by atoms with Gasteiger partial charge in [0.1, 0.15) is 11.6 Å². The lowest BCUT2D eigenvalue weighted by atomic mass is 10.3. The number of benzene rings is 1. The first-order chi connectivity index (χ1) is 6.09. The Morgan fingerprint density at radius 3 is 2.92 bits per heavy atom. The van der Waals surface area contributed by atoms with Gasteiger partial charge in [-0.1, -0.05) is 11.6 Å². The van der Waals surface area contributed by atoms with Crippen molar-refractivity contribution in [2.45, 2.75) is 6.92 Å². The molecule has 0 heterocycles. The molecule has 1 N–H and O–H groups in total. The number of halogens is 2. The molecule has 1 aromatic rings. The van der Waals surface area contributed by atoms with E-state index in [1.165, 1.54) is 25.1 Å². The van der Waals surface area contributed by atoms with Crippen LogP contribution >= 0.6 is 11.6 Å². The van der Waals surface area contributed by atoms with Gasteiger partial charge in [-0.3, -0.25) is 4.79 Å². The third-order valence-electron chi connectivity index (χ3n) is 1.46. The van der Waals surface area contributed by atoms with Gasteiger partial charge in [0.05, 0.1) is 12.2 Å². The van der Waals surface area contributed by atoms with Crippen molar-refractivity contribution in [3.63, 3.8) is 0 Å². The van der Waals surface area contributed by atoms with E-state index in [1.54, 1.807) is 0 Å². The number of anilines is 1. The number of carbonyl (C=O) groups excluding carboxylic acids is 1. The maximum Gasteiger partial charge on any atom is 0.148 e. The normalized spacial score (nSPS) is 9.77. The fourth-order valence-electron chi connectivity index (χ4n) is 0.853. The van der Waals surface area contributed by atoms with E-state index < -0.39 is 5.82 Å². The summed E-state index contributed by atoms with van der Waals surface area (Å²) in [6, 6.07) is 4.15. The van der Waals surface area contributed by atoms with Gasteiger partial charge >= 0.3 is 0 Å². The number of nitrogens with one attached hydrogen (secondary N) is 1. The molecule has 0 saturated carbocycles. The molecular formula is C9H9ClFNO. The van der Waals surface area contributed by atoms with Gasteiger partial charge in [0.25, 0.3) is 0 Å². The maximum atomic E-state index is 13.0. The van der Waals surface area contributed by atoms with Crippen molar-refractivity contribution in [2.75, 3.05) is 11.9 Å². The van der Waals surface area contributed by atoms with E-state index in [9.17, 15) is 9.18 Å². The van der Waals surface area contributed by atoms with Crippen LogP contribution in [0, 0.1) is 5.82 Å². The van der Waals surface area contributed by atoms with Crippen LogP contribution in [-0.2, 0) is 4.79 Å². The lowest BCUT2D eigenvalue weighted by Gasteiger charge is -2.05. The Balaban J connectivity index is 2.75. The third kappa shape index (κ3) is 3.03. The summed E-state index contributed by atoms with van der Waals surface area (Å²) in [6.45, 7) is 1.53. The molecule has 0 unspecified atom stereocenters. The first-order valence-corrected chi connectivity index (χ1v) is 4.16. The first-order valence-electron chi connectivity index (χ1n) is 3.78. The van der Waals surface area contributed by atoms with E-state index in [4.69, 9.17) is 11.6 Å². The van der Waals surface area contributed by atoms with Gasteiger partial charge in [-0.25, -0.2) is 4.39 Å². The fourth-order valence-corrected chi connectivity index (χ4v) is 1.02. The van der Waals surface area contributed by atoms with E-state index in [0.29, 0.717) is 5.02 Å². The monoisotopic (exact) mass is 201 g/mol. The number of Topliss-reactive ketones (excluding diaryl/α,β-unsaturated/α-hetero) is 1. The van der Waals surface area contributed by atoms with E-state index in [1.807, 2.05) is 0 Å². The van der Waals surface area contributed by atoms with Gasteiger partial charge in [-0.15, -0.1) is 0 Å². The van der Waals surface area contributed by atoms with Crippen LogP contribution in [0.1, 0.15) is 6.92 Å². The van der Waals surface area contributed by atoms with E-state index in [2.05, 4.69) is 5.32 Å². The number of hydrogen-bond donors (Lipinski definition) is 1. The number of hydrogen-bond acceptors (Lipinski definition) is 2. The summed E-state index contributed by atoms with van der Waals surface area (Å²) >= 11 is 5.64. The Kier molecular flexibility index (Phi) is 3.25. The molecule has 0 amide bonds. The van der Waals surface area contributed by atoms with Crippen molar-refractivity contribution in [1.82, 2.24) is 0 Å². The Morgan fingerprint density at radius 2 is 2.31 bits per heavy atom. The van der Waals surface area contributed by atoms with Crippen LogP contribution in [0.3, 0.4) is 0 Å². The highest BCUT2D eigenvalue weighted by atomic mass is 35.5. The third-order valence-corrected chi connectivity index (χ3v) is 1.69. The molecule has 70 valence electrons. The van der Waals surface area contributed by atoms with Crippen LogP contribution in [0.25, 0.3) is 0 Å². The summed E-state index contributed by atoms with van der Waals surface area (Å²) < 4.78 is 13.0. The van der Waals surface area contributed by atoms with Gasteiger partial charge < -0.3 is 5.32 Å². The predicted molar refractivity (Wildman–Crippen MR) is 50.6 cm³/mol. The summed E-state index contributed by atoms with van der Waals surface area (Å²) in [5.74, 6) is -0.468. The molecular weight excluding hydrogens is 193 g/mol. The molecule has 0 bridgehead atoms. The summed E-state index contributed by atoms with van der Waals surface area (Å²) in [5, 5.41) is 3.08. The average molecular weight is 202 g/mol. The molecule has 0 saturated heterocycles. The second-order valence-electron chi connectivity index (χ2n) is 2.68. The molecule has 0 aliphatic heterocycles. The van der Waals surface area contributed by atoms with E-state index in [0.717, 1.165) is 0 Å². The van der Waals surface area contributed by atoms with Crippen molar-refractivity contribution >= 4 is 23.1 Å². The van der Waals surface area contributed by atoms with Gasteiger partial charge in [0, 0.05) is 5.02 Å². The highest BCUT2D eigenvalue weighted by Gasteiger charge is 2.02. The Morgan fingerprint density at radius 1 is 1.62 bits per heavy atom. The smallest absolute Gasteiger partial charge is 0.148 e. The van der Waals surface area contributed by atoms with Crippen LogP contribution in [-0.4, -0.2) is 12.3 Å². The maximum absolute atomic E-state index is 13.0. The Hall–Kier alpha value is -1.09. The number of carbonyl (C=O) groups is 1. The molecule has 13 heavy (non-hydrogen) atoms. The van der Waals surface area contributed by atoms with Crippen LogP contribution in [0.15, 0.2) is 18.2 Å². The van der Waals surface area contributed by atoms with Crippen LogP contribution in [0.5, 0.6) is 0 Å². The van der Waals surface area contributed by atoms with Crippen molar-refractivity contribution in [1.29, 1.82) is 0 Å². The molecule has 0 radical (unpaired) electrons. The van der Waals surface area contributed by atoms with Gasteiger partial charge in [0.2, 0.25) is 0 Å². The predicted octanol–water partition coefficient (Wildman–Crippen LogP) is 2.48. The molecule has 1 rings (SSSR count). The van der Waals surface area contributed by atoms with Crippen molar-refractivity contribution in [3.05, 3.63) is 29.0 Å². The molecule has 0 aromatic heterocycles. The molecule has 2 nitrogen and oxygen atoms in total. The fraction of sp³-hybridized carbons (Fsp3) is 0.222. The minimum absolute atomic E-state index is 0.0561. The largest absolute Gasteiger partial charge is 0.376 e. The first kappa shape index (κ1) is 9.99. The molecule has 0 spiro atoms. The zero-order valence-electron chi connectivity index (χ0n) is 7.10. The van der Waals surface area contributed by atoms with Gasteiger partial charge in [0.15, 0.2) is 0 Å². The second-order valence-corrected chi connectivity index (χ2v) is 3.12. The molecule has 0 aliphatic carbocycles. The lowest BCUT2D eigenvalue weighted by molar-refractivity contribution is -0.115. The lowest BCUT2D eigenvalue weighted by Crippen LogP contribution is -2.10. The standard InChI is InChI=1S/C9H9ClFNO/c1-6(13)5-12-9-4-7(10)2-3-8(9)11/h2-4,12H,5H2,1H3. The van der Waals surface area contributed by atoms with Crippen molar-refractivity contribution in [2.24, 2.45) is 0 Å². The zero-order valence-corrected chi connectivity index (χ0v) is 7.86. The minimum Gasteiger partial charge on any atom is -0.376 e. The topological polar surface area (TPSA) is 29.1 Å². The van der Waals surface area contributed by atoms with Gasteiger partial charge in [-0.2, -0.15) is 0 Å². The SMILES string of the molecule is CC(=O)CNc1cc(Cl)ccc1F. The Labute approximate surface area is 80.7 Å². The van der Waals surface area contributed by atoms with E-state index >= 15 is 0 Å². The number of rotatable bonds is 3. The second kappa shape index (κ2) is 4.23. The highest BCUT2D eigenvalue weighted by molar-refractivity contribution is 6.30. The molecule has 0 fully saturated rings. The Bertz CT molecular complexity index is 327. The molecule has 1 aromatic carbocycles. The summed E-state index contributed by atoms with van der Waals surface area (Å²) in [6.07, 6.45) is 0. The number of ketones is 1. The minimum atomic E-state index is -0.411. The van der Waals surface area contributed by atoms with Crippen molar-refractivity contribution in [3.8, 4) is 0 Å². The highest BCUT2D eigenvalue weighted by Crippen LogP contribution is 2.18. The molecule has 0 atom stereocenters. The van der Waals surface area contributed by atoms with Crippen LogP contribution in [0.2, 0.25) is 5.02 Å². The summed E-state index contributed by atoms with van der Waals surface area (Å²) in [4.78, 5) is 10.6.